The van der Waals surface area contributed by atoms with Crippen LogP contribution in [0.4, 0.5) is 11.5 Å². The number of anilines is 1. The molecule has 0 aromatic carbocycles. The van der Waals surface area contributed by atoms with Crippen molar-refractivity contribution < 1.29 is 9.66 Å². The van der Waals surface area contributed by atoms with E-state index in [1.54, 1.807) is 6.92 Å². The van der Waals surface area contributed by atoms with Crippen LogP contribution in [-0.4, -0.2) is 16.5 Å². The molecule has 15 heavy (non-hydrogen) atoms. The number of nitrogens with two attached hydrogens (primary N) is 1. The van der Waals surface area contributed by atoms with Crippen molar-refractivity contribution in [1.82, 2.24) is 4.98 Å². The van der Waals surface area contributed by atoms with Gasteiger partial charge in [-0.3, -0.25) is 10.1 Å². The first-order chi connectivity index (χ1) is 7.06. The summed E-state index contributed by atoms with van der Waals surface area (Å²) < 4.78 is 5.06. The maximum atomic E-state index is 10.7. The molecule has 6 heteroatoms. The molecular formula is C9H11N3O3. The summed E-state index contributed by atoms with van der Waals surface area (Å²) >= 11 is 0. The normalized spacial score (nSPS) is 9.67. The van der Waals surface area contributed by atoms with Gasteiger partial charge in [0.05, 0.1) is 11.5 Å². The summed E-state index contributed by atoms with van der Waals surface area (Å²) in [6, 6.07) is 2.64. The zero-order chi connectivity index (χ0) is 11.4. The number of nitrogen functional groups attached to an aromatic ring is 1. The molecule has 1 heterocycles. The molecule has 0 aliphatic heterocycles. The van der Waals surface area contributed by atoms with Crippen molar-refractivity contribution in [2.75, 3.05) is 12.3 Å². The van der Waals surface area contributed by atoms with E-state index in [0.717, 1.165) is 0 Å². The van der Waals surface area contributed by atoms with Gasteiger partial charge in [0.15, 0.2) is 5.69 Å². The highest BCUT2D eigenvalue weighted by Crippen LogP contribution is 2.24. The second-order valence-electron chi connectivity index (χ2n) is 2.72. The molecule has 2 N–H and O–H groups in total. The van der Waals surface area contributed by atoms with Crippen molar-refractivity contribution in [3.05, 3.63) is 34.5 Å². The first kappa shape index (κ1) is 11.0. The van der Waals surface area contributed by atoms with Crippen LogP contribution < -0.4 is 5.73 Å². The molecule has 0 saturated heterocycles. The summed E-state index contributed by atoms with van der Waals surface area (Å²) in [5.74, 6) is 0.341. The summed E-state index contributed by atoms with van der Waals surface area (Å²) in [5.41, 5.74) is 5.34. The van der Waals surface area contributed by atoms with Crippen LogP contribution in [0.25, 0.3) is 5.76 Å². The minimum atomic E-state index is -0.550. The molecule has 0 aliphatic rings. The first-order valence-electron chi connectivity index (χ1n) is 4.29. The van der Waals surface area contributed by atoms with Gasteiger partial charge in [0.1, 0.15) is 11.6 Å². The molecule has 0 spiro atoms. The van der Waals surface area contributed by atoms with E-state index in [0.29, 0.717) is 6.61 Å². The molecule has 0 fully saturated rings. The lowest BCUT2D eigenvalue weighted by Gasteiger charge is -2.06. The average Bonchev–Trinajstić information content (AvgIpc) is 2.17. The standard InChI is InChI=1S/C9H11N3O3/c1-3-15-6(2)9-7(12(13)14)4-5-8(10)11-9/h4-5H,2-3H2,1H3,(H2,10,11). The van der Waals surface area contributed by atoms with Crippen LogP contribution in [-0.2, 0) is 4.74 Å². The van der Waals surface area contributed by atoms with E-state index in [9.17, 15) is 10.1 Å². The van der Waals surface area contributed by atoms with Gasteiger partial charge in [-0.25, -0.2) is 4.98 Å². The monoisotopic (exact) mass is 209 g/mol. The number of pyridine rings is 1. The Morgan fingerprint density at radius 3 is 2.93 bits per heavy atom. The third kappa shape index (κ3) is 2.43. The lowest BCUT2D eigenvalue weighted by Crippen LogP contribution is -2.02. The molecule has 1 aromatic heterocycles. The van der Waals surface area contributed by atoms with Gasteiger partial charge in [0.2, 0.25) is 0 Å². The van der Waals surface area contributed by atoms with Crippen molar-refractivity contribution in [1.29, 1.82) is 0 Å². The molecule has 0 saturated carbocycles. The SMILES string of the molecule is C=C(OCC)c1nc(N)ccc1[N+](=O)[O-]. The van der Waals surface area contributed by atoms with Crippen LogP contribution in [0.5, 0.6) is 0 Å². The molecule has 0 radical (unpaired) electrons. The predicted octanol–water partition coefficient (Wildman–Crippen LogP) is 1.58. The number of aromatic nitrogens is 1. The van der Waals surface area contributed by atoms with Crippen molar-refractivity contribution in [3.8, 4) is 0 Å². The molecule has 0 aliphatic carbocycles. The van der Waals surface area contributed by atoms with Gasteiger partial charge in [-0.1, -0.05) is 6.58 Å². The number of nitro groups is 1. The number of nitrogens with zero attached hydrogens (tertiary/aromatic N) is 2. The molecule has 80 valence electrons. The number of hydrogen-bond acceptors (Lipinski definition) is 5. The van der Waals surface area contributed by atoms with Gasteiger partial charge in [0.25, 0.3) is 5.69 Å². The van der Waals surface area contributed by atoms with Crippen LogP contribution in [0.1, 0.15) is 12.6 Å². The van der Waals surface area contributed by atoms with Gasteiger partial charge >= 0.3 is 0 Å². The molecule has 0 bridgehead atoms. The highest BCUT2D eigenvalue weighted by molar-refractivity contribution is 5.64. The molecule has 1 aromatic rings. The van der Waals surface area contributed by atoms with Crippen LogP contribution in [0, 0.1) is 10.1 Å². The van der Waals surface area contributed by atoms with Crippen LogP contribution >= 0.6 is 0 Å². The summed E-state index contributed by atoms with van der Waals surface area (Å²) in [4.78, 5) is 13.9. The van der Waals surface area contributed by atoms with Crippen molar-refractivity contribution in [3.63, 3.8) is 0 Å². The molecule has 6 nitrogen and oxygen atoms in total. The smallest absolute Gasteiger partial charge is 0.298 e. The molecule has 0 amide bonds. The van der Waals surface area contributed by atoms with Crippen LogP contribution in [0.15, 0.2) is 18.7 Å². The molecular weight excluding hydrogens is 198 g/mol. The second kappa shape index (κ2) is 4.41. The van der Waals surface area contributed by atoms with Crippen LogP contribution in [0.3, 0.4) is 0 Å². The Morgan fingerprint density at radius 1 is 1.73 bits per heavy atom. The first-order valence-corrected chi connectivity index (χ1v) is 4.29. The highest BCUT2D eigenvalue weighted by Gasteiger charge is 2.18. The number of hydrogen-bond donors (Lipinski definition) is 1. The second-order valence-corrected chi connectivity index (χ2v) is 2.72. The fourth-order valence-corrected chi connectivity index (χ4v) is 1.06. The van der Waals surface area contributed by atoms with Crippen molar-refractivity contribution in [2.24, 2.45) is 0 Å². The maximum Gasteiger partial charge on any atom is 0.298 e. The van der Waals surface area contributed by atoms with Gasteiger partial charge in [-0.2, -0.15) is 0 Å². The highest BCUT2D eigenvalue weighted by atomic mass is 16.6. The topological polar surface area (TPSA) is 91.3 Å². The predicted molar refractivity (Wildman–Crippen MR) is 56.0 cm³/mol. The van der Waals surface area contributed by atoms with Crippen molar-refractivity contribution >= 4 is 17.3 Å². The third-order valence-electron chi connectivity index (χ3n) is 1.67. The van der Waals surface area contributed by atoms with Gasteiger partial charge < -0.3 is 10.5 Å². The van der Waals surface area contributed by atoms with Crippen molar-refractivity contribution in [2.45, 2.75) is 6.92 Å². The van der Waals surface area contributed by atoms with Gasteiger partial charge in [-0.15, -0.1) is 0 Å². The van der Waals surface area contributed by atoms with Gasteiger partial charge in [-0.05, 0) is 13.0 Å². The summed E-state index contributed by atoms with van der Waals surface area (Å²) in [7, 11) is 0. The molecule has 0 atom stereocenters. The minimum Gasteiger partial charge on any atom is -0.492 e. The summed E-state index contributed by atoms with van der Waals surface area (Å²) in [6.45, 7) is 5.67. The maximum absolute atomic E-state index is 10.7. The Balaban J connectivity index is 3.18. The summed E-state index contributed by atoms with van der Waals surface area (Å²) in [5, 5.41) is 10.7. The third-order valence-corrected chi connectivity index (χ3v) is 1.67. The lowest BCUT2D eigenvalue weighted by molar-refractivity contribution is -0.385. The largest absolute Gasteiger partial charge is 0.492 e. The Bertz CT molecular complexity index is 404. The zero-order valence-electron chi connectivity index (χ0n) is 8.27. The lowest BCUT2D eigenvalue weighted by atomic mass is 10.2. The van der Waals surface area contributed by atoms with E-state index in [4.69, 9.17) is 10.5 Å². The van der Waals surface area contributed by atoms with E-state index < -0.39 is 4.92 Å². The Kier molecular flexibility index (Phi) is 3.22. The molecule has 0 unspecified atom stereocenters. The van der Waals surface area contributed by atoms with Crippen LogP contribution in [0.2, 0.25) is 0 Å². The fourth-order valence-electron chi connectivity index (χ4n) is 1.06. The molecule has 1 rings (SSSR count). The van der Waals surface area contributed by atoms with Gasteiger partial charge in [0, 0.05) is 6.07 Å². The number of rotatable bonds is 4. The Labute approximate surface area is 86.5 Å². The summed E-state index contributed by atoms with van der Waals surface area (Å²) in [6.07, 6.45) is 0. The zero-order valence-corrected chi connectivity index (χ0v) is 8.27. The average molecular weight is 209 g/mol. The quantitative estimate of drug-likeness (QED) is 0.461. The van der Waals surface area contributed by atoms with E-state index in [2.05, 4.69) is 11.6 Å². The fraction of sp³-hybridized carbons (Fsp3) is 0.222. The van der Waals surface area contributed by atoms with E-state index in [1.807, 2.05) is 0 Å². The number of ether oxygens (including phenoxy) is 1. The Morgan fingerprint density at radius 2 is 2.40 bits per heavy atom. The Hall–Kier alpha value is -2.11. The van der Waals surface area contributed by atoms with E-state index in [1.165, 1.54) is 12.1 Å². The van der Waals surface area contributed by atoms with E-state index >= 15 is 0 Å². The minimum absolute atomic E-state index is 0.0712. The van der Waals surface area contributed by atoms with E-state index in [-0.39, 0.29) is 23.0 Å².